The van der Waals surface area contributed by atoms with Gasteiger partial charge in [-0.1, -0.05) is 40.2 Å². The van der Waals surface area contributed by atoms with Crippen LogP contribution in [0.2, 0.25) is 0 Å². The third-order valence-electron chi connectivity index (χ3n) is 5.51. The van der Waals surface area contributed by atoms with Crippen molar-refractivity contribution in [3.05, 3.63) is 82.7 Å². The molecule has 156 valence electrons. The van der Waals surface area contributed by atoms with Crippen LogP contribution in [0.1, 0.15) is 29.2 Å². The smallest absolute Gasteiger partial charge is 0.289 e. The number of furan rings is 1. The van der Waals surface area contributed by atoms with Gasteiger partial charge in [-0.15, -0.1) is 0 Å². The second-order valence-electron chi connectivity index (χ2n) is 7.48. The Hall–Kier alpha value is -2.73. The SMILES string of the molecule is CN(c1ccccc1)C1CCN(C(=O)c2ccc(COc3cccc(Br)c3)o2)CC1. The maximum atomic E-state index is 12.9. The first kappa shape index (κ1) is 20.5. The lowest BCUT2D eigenvalue weighted by Gasteiger charge is -2.37. The molecular weight excluding hydrogens is 444 g/mol. The average Bonchev–Trinajstić information content (AvgIpc) is 3.27. The molecule has 2 heterocycles. The number of hydrogen-bond donors (Lipinski definition) is 0. The molecule has 0 N–H and O–H groups in total. The number of para-hydroxylation sites is 1. The lowest BCUT2D eigenvalue weighted by atomic mass is 10.0. The number of amides is 1. The zero-order valence-electron chi connectivity index (χ0n) is 17.0. The van der Waals surface area contributed by atoms with Crippen molar-refractivity contribution in [1.29, 1.82) is 0 Å². The Labute approximate surface area is 185 Å². The number of carbonyl (C=O) groups is 1. The third kappa shape index (κ3) is 4.87. The summed E-state index contributed by atoms with van der Waals surface area (Å²) in [6.07, 6.45) is 1.88. The second kappa shape index (κ2) is 9.39. The lowest BCUT2D eigenvalue weighted by molar-refractivity contribution is 0.0677. The topological polar surface area (TPSA) is 45.9 Å². The van der Waals surface area contributed by atoms with Crippen LogP contribution in [-0.4, -0.2) is 37.0 Å². The minimum Gasteiger partial charge on any atom is -0.486 e. The van der Waals surface area contributed by atoms with Crippen molar-refractivity contribution in [2.45, 2.75) is 25.5 Å². The molecule has 0 bridgehead atoms. The lowest BCUT2D eigenvalue weighted by Crippen LogP contribution is -2.45. The summed E-state index contributed by atoms with van der Waals surface area (Å²) >= 11 is 3.43. The molecule has 1 aliphatic rings. The van der Waals surface area contributed by atoms with Gasteiger partial charge in [-0.05, 0) is 55.3 Å². The van der Waals surface area contributed by atoms with Gasteiger partial charge in [-0.25, -0.2) is 0 Å². The molecule has 1 saturated heterocycles. The van der Waals surface area contributed by atoms with Gasteiger partial charge >= 0.3 is 0 Å². The molecule has 0 aliphatic carbocycles. The third-order valence-corrected chi connectivity index (χ3v) is 6.01. The van der Waals surface area contributed by atoms with E-state index < -0.39 is 0 Å². The van der Waals surface area contributed by atoms with E-state index in [1.807, 2.05) is 35.2 Å². The molecular formula is C24H25BrN2O3. The first-order chi connectivity index (χ1) is 14.6. The highest BCUT2D eigenvalue weighted by Crippen LogP contribution is 2.24. The van der Waals surface area contributed by atoms with Gasteiger partial charge in [0.2, 0.25) is 0 Å². The highest BCUT2D eigenvalue weighted by Gasteiger charge is 2.27. The summed E-state index contributed by atoms with van der Waals surface area (Å²) in [6.45, 7) is 1.74. The molecule has 1 amide bonds. The number of halogens is 1. The van der Waals surface area contributed by atoms with Crippen molar-refractivity contribution in [1.82, 2.24) is 4.90 Å². The van der Waals surface area contributed by atoms with Gasteiger partial charge in [0.25, 0.3) is 5.91 Å². The Morgan fingerprint density at radius 1 is 1.10 bits per heavy atom. The number of carbonyl (C=O) groups excluding carboxylic acids is 1. The quantitative estimate of drug-likeness (QED) is 0.488. The van der Waals surface area contributed by atoms with Crippen LogP contribution in [0.25, 0.3) is 0 Å². The highest BCUT2D eigenvalue weighted by atomic mass is 79.9. The molecule has 0 atom stereocenters. The van der Waals surface area contributed by atoms with Crippen molar-refractivity contribution < 1.29 is 13.9 Å². The fourth-order valence-corrected chi connectivity index (χ4v) is 4.15. The van der Waals surface area contributed by atoms with Crippen LogP contribution in [0, 0.1) is 0 Å². The molecule has 4 rings (SSSR count). The van der Waals surface area contributed by atoms with E-state index in [1.54, 1.807) is 12.1 Å². The molecule has 1 aromatic heterocycles. The second-order valence-corrected chi connectivity index (χ2v) is 8.40. The highest BCUT2D eigenvalue weighted by molar-refractivity contribution is 9.10. The summed E-state index contributed by atoms with van der Waals surface area (Å²) in [5.74, 6) is 1.71. The van der Waals surface area contributed by atoms with Crippen LogP contribution in [0.15, 0.2) is 75.6 Å². The van der Waals surface area contributed by atoms with E-state index in [9.17, 15) is 4.79 Å². The van der Waals surface area contributed by atoms with Crippen molar-refractivity contribution in [2.24, 2.45) is 0 Å². The molecule has 5 nitrogen and oxygen atoms in total. The van der Waals surface area contributed by atoms with E-state index >= 15 is 0 Å². The normalized spacial score (nSPS) is 14.5. The Balaban J connectivity index is 1.30. The Bertz CT molecular complexity index is 981. The van der Waals surface area contributed by atoms with Gasteiger partial charge in [0.05, 0.1) is 0 Å². The van der Waals surface area contributed by atoms with Crippen LogP contribution in [0.3, 0.4) is 0 Å². The first-order valence-corrected chi connectivity index (χ1v) is 10.9. The number of anilines is 1. The monoisotopic (exact) mass is 468 g/mol. The zero-order valence-corrected chi connectivity index (χ0v) is 18.5. The minimum atomic E-state index is -0.0514. The van der Waals surface area contributed by atoms with E-state index in [1.165, 1.54) is 5.69 Å². The van der Waals surface area contributed by atoms with Crippen LogP contribution >= 0.6 is 15.9 Å². The van der Waals surface area contributed by atoms with Gasteiger partial charge in [-0.3, -0.25) is 4.79 Å². The van der Waals surface area contributed by atoms with Gasteiger partial charge in [0, 0.05) is 36.3 Å². The fourth-order valence-electron chi connectivity index (χ4n) is 3.77. The van der Waals surface area contributed by atoms with E-state index in [0.717, 1.165) is 36.2 Å². The molecule has 1 aliphatic heterocycles. The van der Waals surface area contributed by atoms with Crippen molar-refractivity contribution in [2.75, 3.05) is 25.0 Å². The number of nitrogens with zero attached hydrogens (tertiary/aromatic N) is 2. The molecule has 30 heavy (non-hydrogen) atoms. The van der Waals surface area contributed by atoms with Crippen molar-refractivity contribution in [3.8, 4) is 5.75 Å². The largest absolute Gasteiger partial charge is 0.486 e. The van der Waals surface area contributed by atoms with E-state index in [-0.39, 0.29) is 12.5 Å². The number of ether oxygens (including phenoxy) is 1. The molecule has 2 aromatic carbocycles. The van der Waals surface area contributed by atoms with Crippen molar-refractivity contribution >= 4 is 27.5 Å². The molecule has 6 heteroatoms. The van der Waals surface area contributed by atoms with Gasteiger partial charge in [0.1, 0.15) is 18.1 Å². The van der Waals surface area contributed by atoms with Crippen LogP contribution in [0.5, 0.6) is 5.75 Å². The standard InChI is InChI=1S/C24H25BrN2O3/c1-26(19-7-3-2-4-8-19)20-12-14-27(15-13-20)24(28)23-11-10-22(30-23)17-29-21-9-5-6-18(25)16-21/h2-11,16,20H,12-15,17H2,1H3. The molecule has 3 aromatic rings. The van der Waals surface area contributed by atoms with E-state index in [0.29, 0.717) is 17.6 Å². The predicted molar refractivity (Wildman–Crippen MR) is 121 cm³/mol. The summed E-state index contributed by atoms with van der Waals surface area (Å²) < 4.78 is 12.5. The number of rotatable bonds is 6. The molecule has 0 radical (unpaired) electrons. The average molecular weight is 469 g/mol. The Morgan fingerprint density at radius 3 is 2.60 bits per heavy atom. The number of hydrogen-bond acceptors (Lipinski definition) is 4. The number of likely N-dealkylation sites (tertiary alicyclic amines) is 1. The number of benzene rings is 2. The summed E-state index contributed by atoms with van der Waals surface area (Å²) in [6, 6.07) is 22.0. The van der Waals surface area contributed by atoms with Crippen LogP contribution in [0.4, 0.5) is 5.69 Å². The minimum absolute atomic E-state index is 0.0514. The maximum absolute atomic E-state index is 12.9. The fraction of sp³-hybridized carbons (Fsp3) is 0.292. The zero-order chi connectivity index (χ0) is 20.9. The van der Waals surface area contributed by atoms with Gasteiger partial charge < -0.3 is 19.0 Å². The predicted octanol–water partition coefficient (Wildman–Crippen LogP) is 5.36. The van der Waals surface area contributed by atoms with Crippen molar-refractivity contribution in [3.63, 3.8) is 0 Å². The van der Waals surface area contributed by atoms with E-state index in [4.69, 9.17) is 9.15 Å². The molecule has 0 unspecified atom stereocenters. The summed E-state index contributed by atoms with van der Waals surface area (Å²) in [5, 5.41) is 0. The van der Waals surface area contributed by atoms with Gasteiger partial charge in [0.15, 0.2) is 5.76 Å². The molecule has 0 saturated carbocycles. The van der Waals surface area contributed by atoms with Crippen LogP contribution in [-0.2, 0) is 6.61 Å². The molecule has 0 spiro atoms. The summed E-state index contributed by atoms with van der Waals surface area (Å²) in [7, 11) is 2.13. The Kier molecular flexibility index (Phi) is 6.43. The molecule has 1 fully saturated rings. The summed E-state index contributed by atoms with van der Waals surface area (Å²) in [4.78, 5) is 17.0. The van der Waals surface area contributed by atoms with E-state index in [2.05, 4.69) is 52.1 Å². The first-order valence-electron chi connectivity index (χ1n) is 10.1. The Morgan fingerprint density at radius 2 is 1.87 bits per heavy atom. The number of piperidine rings is 1. The van der Waals surface area contributed by atoms with Gasteiger partial charge in [-0.2, -0.15) is 0 Å². The maximum Gasteiger partial charge on any atom is 0.289 e. The summed E-state index contributed by atoms with van der Waals surface area (Å²) in [5.41, 5.74) is 1.21. The van der Waals surface area contributed by atoms with Crippen LogP contribution < -0.4 is 9.64 Å².